The minimum Gasteiger partial charge on any atom is -0.508 e. The fourth-order valence-electron chi connectivity index (χ4n) is 3.23. The molecule has 0 aliphatic carbocycles. The molecule has 0 aliphatic rings. The first kappa shape index (κ1) is 22.3. The molecule has 3 nitrogen and oxygen atoms in total. The van der Waals surface area contributed by atoms with Gasteiger partial charge in [-0.3, -0.25) is 4.79 Å². The zero-order valence-electron chi connectivity index (χ0n) is 18.2. The van der Waals surface area contributed by atoms with Gasteiger partial charge in [0.05, 0.1) is 5.00 Å². The van der Waals surface area contributed by atoms with Gasteiger partial charge in [-0.2, -0.15) is 0 Å². The number of aliphatic hydroxyl groups excluding tert-OH is 1. The number of rotatable bonds is 7. The average molecular weight is 430 g/mol. The third-order valence-corrected chi connectivity index (χ3v) is 6.47. The number of carbonyl (C=O) groups is 1. The van der Waals surface area contributed by atoms with Crippen molar-refractivity contribution in [2.75, 3.05) is 11.9 Å². The molecule has 0 aliphatic heterocycles. The number of benzene rings is 2. The molecule has 0 spiro atoms. The molecule has 0 saturated carbocycles. The van der Waals surface area contributed by atoms with Crippen LogP contribution in [0, 0.1) is 6.92 Å². The fourth-order valence-corrected chi connectivity index (χ4v) is 4.31. The zero-order valence-corrected chi connectivity index (χ0v) is 19.0. The number of carbonyl (C=O) groups excluding carboxylic acids is 1. The second-order valence-electron chi connectivity index (χ2n) is 7.40. The highest BCUT2D eigenvalue weighted by Crippen LogP contribution is 2.34. The van der Waals surface area contributed by atoms with Gasteiger partial charge in [0.1, 0.15) is 5.76 Å². The van der Waals surface area contributed by atoms with Gasteiger partial charge in [0.2, 0.25) is 0 Å². The predicted octanol–water partition coefficient (Wildman–Crippen LogP) is 7.42. The van der Waals surface area contributed by atoms with E-state index in [0.717, 1.165) is 38.6 Å². The minimum atomic E-state index is -0.0684. The second-order valence-corrected chi connectivity index (χ2v) is 8.46. The summed E-state index contributed by atoms with van der Waals surface area (Å²) in [5, 5.41) is 10.8. The van der Waals surface area contributed by atoms with Gasteiger partial charge in [-0.15, -0.1) is 11.3 Å². The molecule has 0 fully saturated rings. The highest BCUT2D eigenvalue weighted by molar-refractivity contribution is 7.17. The van der Waals surface area contributed by atoms with Crippen LogP contribution in [0.2, 0.25) is 0 Å². The number of amides is 1. The minimum absolute atomic E-state index is 0.00383. The van der Waals surface area contributed by atoms with Gasteiger partial charge in [0.15, 0.2) is 0 Å². The smallest absolute Gasteiger partial charge is 0.258 e. The zero-order chi connectivity index (χ0) is 22.5. The molecular weight excluding hydrogens is 402 g/mol. The number of nitrogens with zero attached hydrogens (tertiary/aromatic N) is 1. The molecule has 0 unspecified atom stereocenters. The van der Waals surface area contributed by atoms with Crippen LogP contribution in [0.3, 0.4) is 0 Å². The van der Waals surface area contributed by atoms with Gasteiger partial charge >= 0.3 is 0 Å². The Morgan fingerprint density at radius 1 is 1.06 bits per heavy atom. The molecule has 4 heteroatoms. The van der Waals surface area contributed by atoms with E-state index in [0.29, 0.717) is 11.1 Å². The standard InChI is InChI=1S/C27H27NO2S/c1-6-18(2)24(20(4)29)17-25-19(3)16-26(31-25)28(5)27(30)23-14-12-22(13-15-23)21-10-8-7-9-11-21/h7-17,29H,2,4,6H2,1,3,5H3/b24-17+. The Morgan fingerprint density at radius 3 is 2.26 bits per heavy atom. The van der Waals surface area contributed by atoms with E-state index in [1.165, 1.54) is 11.3 Å². The molecule has 0 bridgehead atoms. The van der Waals surface area contributed by atoms with Crippen molar-refractivity contribution in [3.8, 4) is 11.1 Å². The summed E-state index contributed by atoms with van der Waals surface area (Å²) in [5.41, 5.74) is 5.33. The van der Waals surface area contributed by atoms with E-state index in [1.54, 1.807) is 11.9 Å². The van der Waals surface area contributed by atoms with Crippen molar-refractivity contribution in [1.29, 1.82) is 0 Å². The van der Waals surface area contributed by atoms with Crippen LogP contribution < -0.4 is 4.90 Å². The number of aliphatic hydroxyl groups is 1. The van der Waals surface area contributed by atoms with Crippen LogP contribution in [-0.2, 0) is 0 Å². The molecule has 3 rings (SSSR count). The van der Waals surface area contributed by atoms with Crippen LogP contribution in [0.15, 0.2) is 90.7 Å². The van der Waals surface area contributed by atoms with Crippen molar-refractivity contribution >= 4 is 28.3 Å². The summed E-state index contributed by atoms with van der Waals surface area (Å²) in [6.07, 6.45) is 2.62. The third kappa shape index (κ3) is 5.04. The van der Waals surface area contributed by atoms with Crippen molar-refractivity contribution in [3.63, 3.8) is 0 Å². The lowest BCUT2D eigenvalue weighted by Crippen LogP contribution is -2.25. The molecule has 0 radical (unpaired) electrons. The van der Waals surface area contributed by atoms with Gasteiger partial charge in [-0.1, -0.05) is 62.5 Å². The fraction of sp³-hybridized carbons (Fsp3) is 0.148. The summed E-state index contributed by atoms with van der Waals surface area (Å²) in [5.74, 6) is -0.0645. The Morgan fingerprint density at radius 2 is 1.68 bits per heavy atom. The Hall–Kier alpha value is -3.37. The normalized spacial score (nSPS) is 11.3. The highest BCUT2D eigenvalue weighted by atomic mass is 32.1. The maximum atomic E-state index is 13.0. The van der Waals surface area contributed by atoms with E-state index in [1.807, 2.05) is 68.5 Å². The topological polar surface area (TPSA) is 40.5 Å². The monoisotopic (exact) mass is 429 g/mol. The first-order valence-corrected chi connectivity index (χ1v) is 11.0. The Labute approximate surface area is 188 Å². The lowest BCUT2D eigenvalue weighted by molar-refractivity contribution is 0.0993. The van der Waals surface area contributed by atoms with Crippen LogP contribution in [-0.4, -0.2) is 18.1 Å². The molecule has 0 atom stereocenters. The van der Waals surface area contributed by atoms with E-state index >= 15 is 0 Å². The second kappa shape index (κ2) is 9.63. The molecule has 158 valence electrons. The van der Waals surface area contributed by atoms with Crippen LogP contribution in [0.4, 0.5) is 5.00 Å². The molecular formula is C27H27NO2S. The summed E-state index contributed by atoms with van der Waals surface area (Å²) in [6.45, 7) is 11.6. The number of anilines is 1. The summed E-state index contributed by atoms with van der Waals surface area (Å²) >= 11 is 1.50. The molecule has 2 aromatic carbocycles. The molecule has 0 saturated heterocycles. The van der Waals surface area contributed by atoms with Gasteiger partial charge in [0.25, 0.3) is 5.91 Å². The number of allylic oxidation sites excluding steroid dienone is 1. The predicted molar refractivity (Wildman–Crippen MR) is 133 cm³/mol. The van der Waals surface area contributed by atoms with Crippen LogP contribution in [0.1, 0.15) is 34.1 Å². The highest BCUT2D eigenvalue weighted by Gasteiger charge is 2.17. The third-order valence-electron chi connectivity index (χ3n) is 5.21. The van der Waals surface area contributed by atoms with E-state index in [9.17, 15) is 9.90 Å². The lowest BCUT2D eigenvalue weighted by Gasteiger charge is -2.15. The van der Waals surface area contributed by atoms with Crippen molar-refractivity contribution in [3.05, 3.63) is 107 Å². The van der Waals surface area contributed by atoms with Gasteiger partial charge in [0, 0.05) is 23.1 Å². The Balaban J connectivity index is 1.84. The molecule has 1 heterocycles. The lowest BCUT2D eigenvalue weighted by atomic mass is 10.0. The summed E-state index contributed by atoms with van der Waals surface area (Å²) in [7, 11) is 1.78. The summed E-state index contributed by atoms with van der Waals surface area (Å²) < 4.78 is 0. The molecule has 1 amide bonds. The van der Waals surface area contributed by atoms with Crippen molar-refractivity contribution in [2.45, 2.75) is 20.3 Å². The SMILES string of the molecule is C=C(O)/C(=C/c1sc(N(C)C(=O)c2ccc(-c3ccccc3)cc2)cc1C)C(=C)CC. The van der Waals surface area contributed by atoms with E-state index in [-0.39, 0.29) is 11.7 Å². The molecule has 1 N–H and O–H groups in total. The Bertz CT molecular complexity index is 1140. The molecule has 31 heavy (non-hydrogen) atoms. The van der Waals surface area contributed by atoms with Gasteiger partial charge < -0.3 is 10.0 Å². The number of aryl methyl sites for hydroxylation is 1. The van der Waals surface area contributed by atoms with Crippen molar-refractivity contribution in [1.82, 2.24) is 0 Å². The maximum absolute atomic E-state index is 13.0. The average Bonchev–Trinajstić information content (AvgIpc) is 3.16. The summed E-state index contributed by atoms with van der Waals surface area (Å²) in [6, 6.07) is 19.7. The number of thiophene rings is 1. The Kier molecular flexibility index (Phi) is 6.93. The first-order chi connectivity index (χ1) is 14.8. The van der Waals surface area contributed by atoms with E-state index < -0.39 is 0 Å². The van der Waals surface area contributed by atoms with Gasteiger partial charge in [-0.25, -0.2) is 0 Å². The molecule has 3 aromatic rings. The molecule has 1 aromatic heterocycles. The van der Waals surface area contributed by atoms with Crippen molar-refractivity contribution < 1.29 is 9.90 Å². The van der Waals surface area contributed by atoms with Crippen LogP contribution in [0.25, 0.3) is 17.2 Å². The van der Waals surface area contributed by atoms with Crippen molar-refractivity contribution in [2.24, 2.45) is 0 Å². The number of hydrogen-bond donors (Lipinski definition) is 1. The van der Waals surface area contributed by atoms with Crippen LogP contribution in [0.5, 0.6) is 0 Å². The summed E-state index contributed by atoms with van der Waals surface area (Å²) in [4.78, 5) is 15.7. The largest absolute Gasteiger partial charge is 0.508 e. The van der Waals surface area contributed by atoms with E-state index in [2.05, 4.69) is 25.3 Å². The quantitative estimate of drug-likeness (QED) is 0.313. The maximum Gasteiger partial charge on any atom is 0.258 e. The van der Waals surface area contributed by atoms with Gasteiger partial charge in [-0.05, 0) is 59.9 Å². The van der Waals surface area contributed by atoms with Crippen LogP contribution >= 0.6 is 11.3 Å². The number of hydrogen-bond acceptors (Lipinski definition) is 3. The van der Waals surface area contributed by atoms with E-state index in [4.69, 9.17) is 0 Å². The first-order valence-electron chi connectivity index (χ1n) is 10.1.